The zero-order valence-electron chi connectivity index (χ0n) is 14.1. The Hall–Kier alpha value is -1.65. The fraction of sp³-hybridized carbons (Fsp3) is 0.706. The summed E-state index contributed by atoms with van der Waals surface area (Å²) in [6, 6.07) is 3.09. The maximum atomic E-state index is 12.2. The smallest absolute Gasteiger partial charge is 0.271 e. The van der Waals surface area contributed by atoms with E-state index in [9.17, 15) is 9.59 Å². The van der Waals surface area contributed by atoms with Gasteiger partial charge in [0.05, 0.1) is 0 Å². The number of hydrogen-bond donors (Lipinski definition) is 1. The molecule has 0 saturated heterocycles. The van der Waals surface area contributed by atoms with Crippen LogP contribution < -0.4 is 10.9 Å². The third kappa shape index (κ3) is 3.76. The molecule has 1 aromatic rings. The van der Waals surface area contributed by atoms with Gasteiger partial charge >= 0.3 is 0 Å². The van der Waals surface area contributed by atoms with Gasteiger partial charge in [-0.15, -0.1) is 0 Å². The van der Waals surface area contributed by atoms with E-state index in [0.29, 0.717) is 11.1 Å². The summed E-state index contributed by atoms with van der Waals surface area (Å²) in [5.41, 5.74) is 0.478. The molecule has 5 nitrogen and oxygen atoms in total. The normalized spacial score (nSPS) is 22.4. The number of hydrogen-bond acceptors (Lipinski definition) is 3. The van der Waals surface area contributed by atoms with E-state index in [-0.39, 0.29) is 17.5 Å². The van der Waals surface area contributed by atoms with E-state index in [1.807, 2.05) is 0 Å². The average Bonchev–Trinajstić information content (AvgIpc) is 2.50. The predicted octanol–water partition coefficient (Wildman–Crippen LogP) is 2.51. The average molecular weight is 305 g/mol. The van der Waals surface area contributed by atoms with Crippen LogP contribution in [-0.2, 0) is 7.05 Å². The zero-order chi connectivity index (χ0) is 16.3. The van der Waals surface area contributed by atoms with Gasteiger partial charge in [0, 0.05) is 19.2 Å². The molecule has 0 aliphatic heterocycles. The van der Waals surface area contributed by atoms with E-state index in [1.165, 1.54) is 23.2 Å². The van der Waals surface area contributed by atoms with Crippen molar-refractivity contribution in [1.82, 2.24) is 15.1 Å². The van der Waals surface area contributed by atoms with E-state index >= 15 is 0 Å². The summed E-state index contributed by atoms with van der Waals surface area (Å²) < 4.78 is 1.19. The highest BCUT2D eigenvalue weighted by Gasteiger charge is 2.32. The van der Waals surface area contributed by atoms with Crippen molar-refractivity contribution in [1.29, 1.82) is 0 Å². The summed E-state index contributed by atoms with van der Waals surface area (Å²) in [4.78, 5) is 23.5. The maximum absolute atomic E-state index is 12.2. The first-order valence-corrected chi connectivity index (χ1v) is 8.18. The highest BCUT2D eigenvalue weighted by atomic mass is 16.2. The molecule has 1 aliphatic rings. The lowest BCUT2D eigenvalue weighted by atomic mass is 9.69. The summed E-state index contributed by atoms with van der Waals surface area (Å²) in [7, 11) is 1.55. The van der Waals surface area contributed by atoms with Gasteiger partial charge < -0.3 is 5.32 Å². The zero-order valence-corrected chi connectivity index (χ0v) is 14.1. The van der Waals surface area contributed by atoms with Crippen molar-refractivity contribution >= 4 is 5.91 Å². The van der Waals surface area contributed by atoms with Gasteiger partial charge in [-0.05, 0) is 43.1 Å². The minimum absolute atomic E-state index is 0.186. The van der Waals surface area contributed by atoms with Crippen molar-refractivity contribution in [3.05, 3.63) is 28.2 Å². The van der Waals surface area contributed by atoms with Gasteiger partial charge in [-0.3, -0.25) is 9.59 Å². The second kappa shape index (κ2) is 6.63. The largest absolute Gasteiger partial charge is 0.348 e. The van der Waals surface area contributed by atoms with E-state index in [4.69, 9.17) is 0 Å². The van der Waals surface area contributed by atoms with E-state index in [1.54, 1.807) is 7.05 Å². The van der Waals surface area contributed by atoms with Crippen molar-refractivity contribution in [3.8, 4) is 0 Å². The standard InChI is InChI=1S/C17H27N3O2/c1-5-17(2,3)12-6-8-13(9-7-12)18-16(22)14-10-11-15(21)20(4)19-14/h10-13H,5-9H2,1-4H3,(H,18,22). The van der Waals surface area contributed by atoms with Crippen LogP contribution in [0, 0.1) is 11.3 Å². The predicted molar refractivity (Wildman–Crippen MR) is 86.8 cm³/mol. The van der Waals surface area contributed by atoms with E-state index in [2.05, 4.69) is 31.2 Å². The van der Waals surface area contributed by atoms with Crippen molar-refractivity contribution < 1.29 is 4.79 Å². The highest BCUT2D eigenvalue weighted by Crippen LogP contribution is 2.40. The molecule has 1 amide bonds. The molecule has 5 heteroatoms. The van der Waals surface area contributed by atoms with E-state index in [0.717, 1.165) is 31.6 Å². The number of rotatable bonds is 4. The number of amides is 1. The molecular formula is C17H27N3O2. The molecule has 0 spiro atoms. The Kier molecular flexibility index (Phi) is 5.04. The molecule has 0 atom stereocenters. The molecule has 2 rings (SSSR count). The lowest BCUT2D eigenvalue weighted by molar-refractivity contribution is 0.0886. The van der Waals surface area contributed by atoms with Gasteiger partial charge in [-0.25, -0.2) is 4.68 Å². The highest BCUT2D eigenvalue weighted by molar-refractivity contribution is 5.92. The van der Waals surface area contributed by atoms with Gasteiger partial charge in [-0.1, -0.05) is 27.2 Å². The Bertz CT molecular complexity index is 584. The maximum Gasteiger partial charge on any atom is 0.271 e. The van der Waals surface area contributed by atoms with Gasteiger partial charge in [-0.2, -0.15) is 5.10 Å². The molecule has 1 saturated carbocycles. The fourth-order valence-electron chi connectivity index (χ4n) is 3.19. The summed E-state index contributed by atoms with van der Waals surface area (Å²) in [5.74, 6) is 0.551. The Balaban J connectivity index is 1.92. The van der Waals surface area contributed by atoms with Gasteiger partial charge in [0.25, 0.3) is 11.5 Å². The van der Waals surface area contributed by atoms with E-state index < -0.39 is 0 Å². The lowest BCUT2D eigenvalue weighted by Crippen LogP contribution is -2.40. The van der Waals surface area contributed by atoms with Crippen LogP contribution in [0.5, 0.6) is 0 Å². The molecule has 1 N–H and O–H groups in total. The minimum Gasteiger partial charge on any atom is -0.348 e. The lowest BCUT2D eigenvalue weighted by Gasteiger charge is -2.39. The number of carbonyl (C=O) groups is 1. The molecular weight excluding hydrogens is 278 g/mol. The molecule has 1 heterocycles. The Labute approximate surface area is 132 Å². The molecule has 0 radical (unpaired) electrons. The first kappa shape index (κ1) is 16.7. The summed E-state index contributed by atoms with van der Waals surface area (Å²) in [6.07, 6.45) is 5.55. The van der Waals surface area contributed by atoms with Gasteiger partial charge in [0.15, 0.2) is 0 Å². The first-order chi connectivity index (χ1) is 10.3. The van der Waals surface area contributed by atoms with Crippen LogP contribution in [0.2, 0.25) is 0 Å². The second-order valence-electron chi connectivity index (χ2n) is 7.04. The minimum atomic E-state index is -0.209. The number of aryl methyl sites for hydroxylation is 1. The molecule has 0 unspecified atom stereocenters. The van der Waals surface area contributed by atoms with Crippen LogP contribution in [-0.4, -0.2) is 21.7 Å². The van der Waals surface area contributed by atoms with Crippen molar-refractivity contribution in [2.45, 2.75) is 58.9 Å². The SMILES string of the molecule is CCC(C)(C)C1CCC(NC(=O)c2ccc(=O)n(C)n2)CC1. The van der Waals surface area contributed by atoms with Crippen LogP contribution in [0.1, 0.15) is 63.4 Å². The molecule has 0 bridgehead atoms. The third-order valence-corrected chi connectivity index (χ3v) is 5.27. The topological polar surface area (TPSA) is 64.0 Å². The van der Waals surface area contributed by atoms with Gasteiger partial charge in [0.2, 0.25) is 0 Å². The Morgan fingerprint density at radius 3 is 2.50 bits per heavy atom. The molecule has 1 fully saturated rings. The number of nitrogens with zero attached hydrogens (tertiary/aromatic N) is 2. The number of nitrogens with one attached hydrogen (secondary N) is 1. The molecule has 22 heavy (non-hydrogen) atoms. The summed E-state index contributed by atoms with van der Waals surface area (Å²) >= 11 is 0. The first-order valence-electron chi connectivity index (χ1n) is 8.18. The molecule has 0 aromatic carbocycles. The van der Waals surface area contributed by atoms with Crippen LogP contribution >= 0.6 is 0 Å². The van der Waals surface area contributed by atoms with Gasteiger partial charge in [0.1, 0.15) is 5.69 Å². The van der Waals surface area contributed by atoms with Crippen LogP contribution in [0.3, 0.4) is 0 Å². The van der Waals surface area contributed by atoms with Crippen molar-refractivity contribution in [2.75, 3.05) is 0 Å². The van der Waals surface area contributed by atoms with Crippen molar-refractivity contribution in [3.63, 3.8) is 0 Å². The fourth-order valence-corrected chi connectivity index (χ4v) is 3.19. The Morgan fingerprint density at radius 2 is 1.95 bits per heavy atom. The summed E-state index contributed by atoms with van der Waals surface area (Å²) in [5, 5.41) is 7.05. The van der Waals surface area contributed by atoms with Crippen molar-refractivity contribution in [2.24, 2.45) is 18.4 Å². The monoisotopic (exact) mass is 305 g/mol. The van der Waals surface area contributed by atoms with Crippen LogP contribution in [0.15, 0.2) is 16.9 Å². The second-order valence-corrected chi connectivity index (χ2v) is 7.04. The van der Waals surface area contributed by atoms with Crippen LogP contribution in [0.4, 0.5) is 0 Å². The number of carbonyl (C=O) groups excluding carboxylic acids is 1. The molecule has 1 aromatic heterocycles. The molecule has 122 valence electrons. The third-order valence-electron chi connectivity index (χ3n) is 5.27. The summed E-state index contributed by atoms with van der Waals surface area (Å²) in [6.45, 7) is 6.93. The quantitative estimate of drug-likeness (QED) is 0.929. The Morgan fingerprint density at radius 1 is 1.32 bits per heavy atom. The van der Waals surface area contributed by atoms with Crippen LogP contribution in [0.25, 0.3) is 0 Å². The molecule has 1 aliphatic carbocycles. The number of aromatic nitrogens is 2.